The summed E-state index contributed by atoms with van der Waals surface area (Å²) in [5.74, 6) is -1.81. The zero-order chi connectivity index (χ0) is 23.8. The van der Waals surface area contributed by atoms with Crippen LogP contribution in [0.25, 0.3) is 6.08 Å². The molecule has 2 aromatic carbocycles. The number of hydrazone groups is 1. The highest BCUT2D eigenvalue weighted by Gasteiger charge is 2.44. The molecular formula is C25H22F2N4O3. The molecule has 4 amide bonds. The summed E-state index contributed by atoms with van der Waals surface area (Å²) in [6, 6.07) is 11.0. The van der Waals surface area contributed by atoms with Crippen LogP contribution in [-0.2, 0) is 9.59 Å². The van der Waals surface area contributed by atoms with Gasteiger partial charge in [-0.1, -0.05) is 24.3 Å². The van der Waals surface area contributed by atoms with Gasteiger partial charge in [-0.05, 0) is 66.3 Å². The highest BCUT2D eigenvalue weighted by Crippen LogP contribution is 2.44. The van der Waals surface area contributed by atoms with Crippen molar-refractivity contribution in [2.75, 3.05) is 13.1 Å². The van der Waals surface area contributed by atoms with Crippen molar-refractivity contribution < 1.29 is 23.2 Å². The summed E-state index contributed by atoms with van der Waals surface area (Å²) in [6.07, 6.45) is 4.33. The third-order valence-corrected chi connectivity index (χ3v) is 6.41. The van der Waals surface area contributed by atoms with Gasteiger partial charge >= 0.3 is 6.03 Å². The van der Waals surface area contributed by atoms with Crippen molar-refractivity contribution in [3.05, 3.63) is 76.9 Å². The Bertz CT molecular complexity index is 1190. The number of amides is 4. The first kappa shape index (κ1) is 21.9. The first-order valence-corrected chi connectivity index (χ1v) is 11.1. The molecule has 0 aromatic heterocycles. The SMILES string of the molecule is O=C1CNC(=O)N1CC(=O)N1N=C2C(=Cc3ccc(F)cc3)CCCC2C1c1ccc(F)cc1. The first-order chi connectivity index (χ1) is 16.4. The van der Waals surface area contributed by atoms with Crippen LogP contribution in [0.5, 0.6) is 0 Å². The third kappa shape index (κ3) is 4.09. The van der Waals surface area contributed by atoms with Crippen molar-refractivity contribution in [1.29, 1.82) is 0 Å². The quantitative estimate of drug-likeness (QED) is 0.702. The topological polar surface area (TPSA) is 82.1 Å². The molecule has 1 N–H and O–H groups in total. The average Bonchev–Trinajstić information content (AvgIpc) is 3.37. The molecule has 0 radical (unpaired) electrons. The van der Waals surface area contributed by atoms with E-state index >= 15 is 0 Å². The maximum atomic E-state index is 13.6. The second-order valence-electron chi connectivity index (χ2n) is 8.58. The smallest absolute Gasteiger partial charge is 0.325 e. The third-order valence-electron chi connectivity index (χ3n) is 6.41. The standard InChI is InChI=1S/C25H22F2N4O3/c26-18-8-4-15(5-9-18)12-17-2-1-3-20-23(17)29-31(24(20)16-6-10-19(27)11-7-16)22(33)14-30-21(32)13-28-25(30)34/h4-12,20,24H,1-3,13-14H2,(H,28,34). The van der Waals surface area contributed by atoms with Gasteiger partial charge in [0, 0.05) is 5.92 Å². The summed E-state index contributed by atoms with van der Waals surface area (Å²) in [6.45, 7) is -0.571. The van der Waals surface area contributed by atoms with E-state index in [0.717, 1.165) is 46.6 Å². The van der Waals surface area contributed by atoms with E-state index in [9.17, 15) is 23.2 Å². The summed E-state index contributed by atoms with van der Waals surface area (Å²) in [5.41, 5.74) is 3.23. The highest BCUT2D eigenvalue weighted by molar-refractivity contribution is 6.09. The van der Waals surface area contributed by atoms with E-state index in [-0.39, 0.29) is 24.1 Å². The van der Waals surface area contributed by atoms with Gasteiger partial charge in [-0.25, -0.2) is 18.6 Å². The molecule has 0 bridgehead atoms. The number of imide groups is 1. The van der Waals surface area contributed by atoms with E-state index < -0.39 is 30.4 Å². The fourth-order valence-corrected chi connectivity index (χ4v) is 4.78. The van der Waals surface area contributed by atoms with Gasteiger partial charge in [0.05, 0.1) is 18.3 Å². The molecular weight excluding hydrogens is 442 g/mol. The number of fused-ring (bicyclic) bond motifs is 1. The Morgan fingerprint density at radius 2 is 1.74 bits per heavy atom. The second kappa shape index (κ2) is 8.81. The summed E-state index contributed by atoms with van der Waals surface area (Å²) in [5, 5.41) is 8.41. The minimum absolute atomic E-state index is 0.127. The zero-order valence-electron chi connectivity index (χ0n) is 18.2. The van der Waals surface area contributed by atoms with Crippen molar-refractivity contribution in [3.63, 3.8) is 0 Å². The van der Waals surface area contributed by atoms with Gasteiger partial charge in [0.25, 0.3) is 11.8 Å². The van der Waals surface area contributed by atoms with Crippen LogP contribution >= 0.6 is 0 Å². The van der Waals surface area contributed by atoms with Gasteiger partial charge in [-0.15, -0.1) is 0 Å². The molecule has 5 rings (SSSR count). The van der Waals surface area contributed by atoms with E-state index in [2.05, 4.69) is 10.4 Å². The minimum Gasteiger partial charge on any atom is -0.329 e. The van der Waals surface area contributed by atoms with Gasteiger partial charge in [0.2, 0.25) is 0 Å². The number of carbonyl (C=O) groups excluding carboxylic acids is 3. The molecule has 2 heterocycles. The lowest BCUT2D eigenvalue weighted by atomic mass is 9.77. The minimum atomic E-state index is -0.613. The van der Waals surface area contributed by atoms with E-state index in [4.69, 9.17) is 0 Å². The first-order valence-electron chi connectivity index (χ1n) is 11.1. The Hall–Kier alpha value is -3.88. The lowest BCUT2D eigenvalue weighted by molar-refractivity contribution is -0.138. The monoisotopic (exact) mass is 464 g/mol. The molecule has 1 aliphatic carbocycles. The molecule has 174 valence electrons. The van der Waals surface area contributed by atoms with Crippen molar-refractivity contribution in [3.8, 4) is 0 Å². The predicted molar refractivity (Wildman–Crippen MR) is 120 cm³/mol. The van der Waals surface area contributed by atoms with E-state index in [1.54, 1.807) is 24.3 Å². The van der Waals surface area contributed by atoms with Crippen LogP contribution in [0.15, 0.2) is 59.2 Å². The number of carbonyl (C=O) groups is 3. The Morgan fingerprint density at radius 1 is 1.06 bits per heavy atom. The van der Waals surface area contributed by atoms with Gasteiger partial charge in [-0.2, -0.15) is 5.10 Å². The van der Waals surface area contributed by atoms with Crippen LogP contribution in [-0.4, -0.2) is 46.6 Å². The van der Waals surface area contributed by atoms with Crippen molar-refractivity contribution in [2.45, 2.75) is 25.3 Å². The van der Waals surface area contributed by atoms with Gasteiger partial charge in [-0.3, -0.25) is 14.5 Å². The average molecular weight is 464 g/mol. The number of hydrogen-bond donors (Lipinski definition) is 1. The second-order valence-corrected chi connectivity index (χ2v) is 8.58. The molecule has 0 spiro atoms. The Balaban J connectivity index is 1.51. The summed E-state index contributed by atoms with van der Waals surface area (Å²) in [4.78, 5) is 38.2. The number of halogens is 2. The molecule has 2 unspecified atom stereocenters. The number of rotatable bonds is 4. The molecule has 2 fully saturated rings. The van der Waals surface area contributed by atoms with Crippen LogP contribution < -0.4 is 5.32 Å². The number of urea groups is 1. The molecule has 3 aliphatic rings. The summed E-state index contributed by atoms with van der Waals surface area (Å²) in [7, 11) is 0. The maximum absolute atomic E-state index is 13.6. The number of benzene rings is 2. The van der Waals surface area contributed by atoms with Crippen molar-refractivity contribution >= 4 is 29.6 Å². The van der Waals surface area contributed by atoms with Crippen LogP contribution in [0.1, 0.15) is 36.4 Å². The van der Waals surface area contributed by atoms with Crippen LogP contribution in [0.3, 0.4) is 0 Å². The molecule has 1 saturated carbocycles. The Labute approximate surface area is 194 Å². The summed E-state index contributed by atoms with van der Waals surface area (Å²) < 4.78 is 27.0. The van der Waals surface area contributed by atoms with Crippen molar-refractivity contribution in [2.24, 2.45) is 11.0 Å². The van der Waals surface area contributed by atoms with E-state index in [1.165, 1.54) is 29.3 Å². The van der Waals surface area contributed by atoms with Gasteiger partial charge in [0.1, 0.15) is 18.2 Å². The van der Waals surface area contributed by atoms with E-state index in [1.807, 2.05) is 6.08 Å². The van der Waals surface area contributed by atoms with Crippen LogP contribution in [0, 0.1) is 17.6 Å². The van der Waals surface area contributed by atoms with Crippen LogP contribution in [0.4, 0.5) is 13.6 Å². The number of nitrogens with one attached hydrogen (secondary N) is 1. The maximum Gasteiger partial charge on any atom is 0.325 e. The number of allylic oxidation sites excluding steroid dienone is 1. The molecule has 7 nitrogen and oxygen atoms in total. The molecule has 2 aliphatic heterocycles. The predicted octanol–water partition coefficient (Wildman–Crippen LogP) is 3.64. The van der Waals surface area contributed by atoms with Crippen molar-refractivity contribution in [1.82, 2.24) is 15.2 Å². The Kier molecular flexibility index (Phi) is 5.69. The lowest BCUT2D eigenvalue weighted by Gasteiger charge is -2.30. The molecule has 1 saturated heterocycles. The largest absolute Gasteiger partial charge is 0.329 e. The zero-order valence-corrected chi connectivity index (χ0v) is 18.2. The van der Waals surface area contributed by atoms with Crippen LogP contribution in [0.2, 0.25) is 0 Å². The highest BCUT2D eigenvalue weighted by atomic mass is 19.1. The number of hydrogen-bond acceptors (Lipinski definition) is 4. The number of nitrogens with zero attached hydrogens (tertiary/aromatic N) is 3. The normalized spacial score (nSPS) is 23.2. The fourth-order valence-electron chi connectivity index (χ4n) is 4.78. The lowest BCUT2D eigenvalue weighted by Crippen LogP contribution is -2.42. The molecule has 2 atom stereocenters. The molecule has 2 aromatic rings. The van der Waals surface area contributed by atoms with E-state index in [0.29, 0.717) is 0 Å². The van der Waals surface area contributed by atoms with Gasteiger partial charge < -0.3 is 5.32 Å². The van der Waals surface area contributed by atoms with Gasteiger partial charge in [0.15, 0.2) is 0 Å². The summed E-state index contributed by atoms with van der Waals surface area (Å²) >= 11 is 0. The fraction of sp³-hybridized carbons (Fsp3) is 0.280. The molecule has 9 heteroatoms. The Morgan fingerprint density at radius 3 is 2.38 bits per heavy atom. The molecule has 34 heavy (non-hydrogen) atoms.